The molecule has 0 amide bonds. The Kier molecular flexibility index (Phi) is 3.38. The summed E-state index contributed by atoms with van der Waals surface area (Å²) in [5.74, 6) is 0.245. The van der Waals surface area contributed by atoms with Crippen molar-refractivity contribution in [1.29, 1.82) is 0 Å². The first-order valence-corrected chi connectivity index (χ1v) is 5.25. The third kappa shape index (κ3) is 2.81. The van der Waals surface area contributed by atoms with E-state index >= 15 is 0 Å². The molecule has 1 heterocycles. The van der Waals surface area contributed by atoms with Crippen LogP contribution in [-0.4, -0.2) is 15.2 Å². The van der Waals surface area contributed by atoms with E-state index in [1.807, 2.05) is 0 Å². The van der Waals surface area contributed by atoms with Gasteiger partial charge in [-0.3, -0.25) is 0 Å². The molecule has 0 aliphatic rings. The van der Waals surface area contributed by atoms with Crippen LogP contribution in [0.3, 0.4) is 0 Å². The monoisotopic (exact) mass is 265 g/mol. The van der Waals surface area contributed by atoms with Crippen LogP contribution in [0, 0.1) is 6.57 Å². The van der Waals surface area contributed by atoms with Crippen molar-refractivity contribution in [2.75, 3.05) is 5.32 Å². The van der Waals surface area contributed by atoms with E-state index in [9.17, 15) is 0 Å². The SMILES string of the molecule is [C-]#[N+]c1ccc(Nc2nnc(Cl)c(Cl)n2)cc1. The molecule has 17 heavy (non-hydrogen) atoms. The minimum atomic E-state index is 0.0561. The van der Waals surface area contributed by atoms with Gasteiger partial charge in [-0.1, -0.05) is 35.3 Å². The molecule has 0 spiro atoms. The molecule has 0 aliphatic heterocycles. The van der Waals surface area contributed by atoms with Crippen molar-refractivity contribution in [3.63, 3.8) is 0 Å². The highest BCUT2D eigenvalue weighted by molar-refractivity contribution is 6.40. The predicted octanol–water partition coefficient (Wildman–Crippen LogP) is 3.47. The molecule has 0 saturated carbocycles. The molecule has 0 atom stereocenters. The van der Waals surface area contributed by atoms with Gasteiger partial charge in [0.2, 0.25) is 5.95 Å². The highest BCUT2D eigenvalue weighted by Gasteiger charge is 2.04. The van der Waals surface area contributed by atoms with Crippen molar-refractivity contribution in [2.45, 2.75) is 0 Å². The average Bonchev–Trinajstić information content (AvgIpc) is 2.35. The maximum absolute atomic E-state index is 6.82. The topological polar surface area (TPSA) is 55.1 Å². The van der Waals surface area contributed by atoms with Gasteiger partial charge in [-0.15, -0.1) is 10.2 Å². The summed E-state index contributed by atoms with van der Waals surface area (Å²) in [5, 5.41) is 10.4. The van der Waals surface area contributed by atoms with Crippen LogP contribution in [0.5, 0.6) is 0 Å². The number of nitrogens with zero attached hydrogens (tertiary/aromatic N) is 4. The fourth-order valence-corrected chi connectivity index (χ4v) is 1.29. The first-order chi connectivity index (χ1) is 8.19. The molecule has 5 nitrogen and oxygen atoms in total. The predicted molar refractivity (Wildman–Crippen MR) is 65.8 cm³/mol. The molecule has 0 unspecified atom stereocenters. The van der Waals surface area contributed by atoms with Crippen molar-refractivity contribution in [1.82, 2.24) is 15.2 Å². The molecule has 7 heteroatoms. The summed E-state index contributed by atoms with van der Waals surface area (Å²) in [6.45, 7) is 6.82. The molecule has 84 valence electrons. The lowest BCUT2D eigenvalue weighted by Crippen LogP contribution is -1.99. The van der Waals surface area contributed by atoms with Gasteiger partial charge in [-0.05, 0) is 12.1 Å². The average molecular weight is 266 g/mol. The van der Waals surface area contributed by atoms with E-state index in [1.54, 1.807) is 24.3 Å². The van der Waals surface area contributed by atoms with E-state index in [-0.39, 0.29) is 16.3 Å². The van der Waals surface area contributed by atoms with Gasteiger partial charge >= 0.3 is 0 Å². The Labute approximate surface area is 107 Å². The van der Waals surface area contributed by atoms with Crippen molar-refractivity contribution in [3.05, 3.63) is 46.0 Å². The summed E-state index contributed by atoms with van der Waals surface area (Å²) in [4.78, 5) is 7.18. The van der Waals surface area contributed by atoms with Gasteiger partial charge in [0, 0.05) is 5.69 Å². The summed E-state index contributed by atoms with van der Waals surface area (Å²) in [6, 6.07) is 6.83. The van der Waals surface area contributed by atoms with Gasteiger partial charge < -0.3 is 5.32 Å². The van der Waals surface area contributed by atoms with Crippen LogP contribution in [0.1, 0.15) is 0 Å². The molecule has 1 N–H and O–H groups in total. The Hall–Kier alpha value is -1.90. The van der Waals surface area contributed by atoms with E-state index in [2.05, 4.69) is 25.3 Å². The second-order valence-corrected chi connectivity index (χ2v) is 3.72. The second kappa shape index (κ2) is 4.95. The summed E-state index contributed by atoms with van der Waals surface area (Å²) in [6.07, 6.45) is 0. The van der Waals surface area contributed by atoms with Crippen molar-refractivity contribution in [2.24, 2.45) is 0 Å². The number of benzene rings is 1. The maximum atomic E-state index is 6.82. The zero-order chi connectivity index (χ0) is 12.3. The minimum Gasteiger partial charge on any atom is -0.323 e. The van der Waals surface area contributed by atoms with Gasteiger partial charge in [0.05, 0.1) is 6.57 Å². The lowest BCUT2D eigenvalue weighted by molar-refractivity contribution is 0.979. The Bertz CT molecular complexity index is 576. The highest BCUT2D eigenvalue weighted by atomic mass is 35.5. The fourth-order valence-electron chi connectivity index (χ4n) is 1.10. The van der Waals surface area contributed by atoms with Crippen molar-refractivity contribution < 1.29 is 0 Å². The van der Waals surface area contributed by atoms with Crippen LogP contribution in [0.25, 0.3) is 4.85 Å². The van der Waals surface area contributed by atoms with Crippen LogP contribution in [0.4, 0.5) is 17.3 Å². The molecule has 1 aromatic heterocycles. The second-order valence-electron chi connectivity index (χ2n) is 3.00. The minimum absolute atomic E-state index is 0.0561. The number of hydrogen-bond acceptors (Lipinski definition) is 4. The molecule has 2 aromatic rings. The van der Waals surface area contributed by atoms with E-state index in [0.29, 0.717) is 5.69 Å². The van der Waals surface area contributed by atoms with Gasteiger partial charge in [-0.2, -0.15) is 4.98 Å². The standard InChI is InChI=1S/C10H5Cl2N5/c1-13-6-2-4-7(5-3-6)14-10-15-8(11)9(12)16-17-10/h2-5H,(H,14,15,17). The van der Waals surface area contributed by atoms with Gasteiger partial charge in [-0.25, -0.2) is 4.85 Å². The highest BCUT2D eigenvalue weighted by Crippen LogP contribution is 2.20. The zero-order valence-electron chi connectivity index (χ0n) is 8.35. The smallest absolute Gasteiger partial charge is 0.248 e. The lowest BCUT2D eigenvalue weighted by Gasteiger charge is -2.04. The Morgan fingerprint density at radius 1 is 1.06 bits per heavy atom. The van der Waals surface area contributed by atoms with Crippen molar-refractivity contribution in [3.8, 4) is 0 Å². The third-order valence-corrected chi connectivity index (χ3v) is 2.47. The molecule has 1 aromatic carbocycles. The molecular formula is C10H5Cl2N5. The number of rotatable bonds is 2. The molecule has 0 fully saturated rings. The van der Waals surface area contributed by atoms with Crippen LogP contribution in [-0.2, 0) is 0 Å². The summed E-state index contributed by atoms with van der Waals surface area (Å²) in [7, 11) is 0. The van der Waals surface area contributed by atoms with E-state index in [0.717, 1.165) is 5.69 Å². The number of anilines is 2. The van der Waals surface area contributed by atoms with Crippen LogP contribution in [0.2, 0.25) is 10.3 Å². The quantitative estimate of drug-likeness (QED) is 0.845. The number of aromatic nitrogens is 3. The van der Waals surface area contributed by atoms with Crippen LogP contribution >= 0.6 is 23.2 Å². The lowest BCUT2D eigenvalue weighted by atomic mass is 10.3. The molecular weight excluding hydrogens is 261 g/mol. The molecule has 0 saturated heterocycles. The first-order valence-electron chi connectivity index (χ1n) is 4.49. The van der Waals surface area contributed by atoms with E-state index in [4.69, 9.17) is 29.8 Å². The third-order valence-electron chi connectivity index (χ3n) is 1.86. The summed E-state index contributed by atoms with van der Waals surface area (Å²) < 4.78 is 0. The molecule has 0 aliphatic carbocycles. The van der Waals surface area contributed by atoms with Crippen LogP contribution < -0.4 is 5.32 Å². The summed E-state index contributed by atoms with van der Waals surface area (Å²) in [5.41, 5.74) is 1.29. The number of nitrogens with one attached hydrogen (secondary N) is 1. The largest absolute Gasteiger partial charge is 0.323 e. The van der Waals surface area contributed by atoms with Gasteiger partial charge in [0.1, 0.15) is 0 Å². The van der Waals surface area contributed by atoms with Gasteiger partial charge in [0.15, 0.2) is 16.0 Å². The normalized spacial score (nSPS) is 9.71. The molecule has 0 radical (unpaired) electrons. The molecule has 0 bridgehead atoms. The Morgan fingerprint density at radius 2 is 1.76 bits per heavy atom. The fraction of sp³-hybridized carbons (Fsp3) is 0. The van der Waals surface area contributed by atoms with E-state index in [1.165, 1.54) is 0 Å². The zero-order valence-corrected chi connectivity index (χ0v) is 9.87. The number of halogens is 2. The summed E-state index contributed by atoms with van der Waals surface area (Å²) >= 11 is 11.3. The number of hydrogen-bond donors (Lipinski definition) is 1. The first kappa shape index (κ1) is 11.6. The maximum Gasteiger partial charge on any atom is 0.248 e. The van der Waals surface area contributed by atoms with Crippen LogP contribution in [0.15, 0.2) is 24.3 Å². The van der Waals surface area contributed by atoms with Crippen molar-refractivity contribution >= 4 is 40.5 Å². The van der Waals surface area contributed by atoms with Gasteiger partial charge in [0.25, 0.3) is 0 Å². The molecule has 2 rings (SSSR count). The van der Waals surface area contributed by atoms with E-state index < -0.39 is 0 Å². The Morgan fingerprint density at radius 3 is 2.35 bits per heavy atom. The Balaban J connectivity index is 2.20.